The largest absolute Gasteiger partial charge is 0.307 e. The second-order valence-electron chi connectivity index (χ2n) is 18.0. The summed E-state index contributed by atoms with van der Waals surface area (Å²) in [5, 5.41) is 14.0. The molecule has 4 nitrogen and oxygen atoms in total. The van der Waals surface area contributed by atoms with Gasteiger partial charge in [0.05, 0.1) is 16.7 Å². The van der Waals surface area contributed by atoms with Gasteiger partial charge in [-0.2, -0.15) is 0 Å². The Labute approximate surface area is 398 Å². The number of aromatic nitrogens is 4. The van der Waals surface area contributed by atoms with Crippen molar-refractivity contribution in [2.45, 2.75) is 0 Å². The summed E-state index contributed by atoms with van der Waals surface area (Å²) in [5.41, 5.74) is 10.6. The van der Waals surface area contributed by atoms with Gasteiger partial charge in [-0.25, -0.2) is 15.0 Å². The van der Waals surface area contributed by atoms with Crippen LogP contribution in [0, 0.1) is 0 Å². The molecular weight excluding hydrogens is 837 g/mol. The minimum atomic E-state index is 0.606. The Kier molecular flexibility index (Phi) is 8.86. The minimum Gasteiger partial charge on any atom is -0.307 e. The highest BCUT2D eigenvalue weighted by atomic mass is 15.0. The van der Waals surface area contributed by atoms with E-state index in [2.05, 4.69) is 229 Å². The molecule has 320 valence electrons. The van der Waals surface area contributed by atoms with Crippen molar-refractivity contribution < 1.29 is 0 Å². The third kappa shape index (κ3) is 6.49. The molecule has 2 heterocycles. The molecule has 0 amide bonds. The molecule has 14 rings (SSSR count). The first-order chi connectivity index (χ1) is 34.2. The average Bonchev–Trinajstić information content (AvgIpc) is 3.74. The van der Waals surface area contributed by atoms with Gasteiger partial charge < -0.3 is 4.57 Å². The van der Waals surface area contributed by atoms with Crippen LogP contribution in [0.1, 0.15) is 0 Å². The molecule has 0 bridgehead atoms. The van der Waals surface area contributed by atoms with E-state index >= 15 is 0 Å². The molecule has 12 aromatic carbocycles. The fourth-order valence-electron chi connectivity index (χ4n) is 10.6. The average molecular weight is 877 g/mol. The van der Waals surface area contributed by atoms with Crippen molar-refractivity contribution in [2.24, 2.45) is 0 Å². The van der Waals surface area contributed by atoms with E-state index in [4.69, 9.17) is 15.0 Å². The van der Waals surface area contributed by atoms with Gasteiger partial charge >= 0.3 is 0 Å². The van der Waals surface area contributed by atoms with Gasteiger partial charge in [-0.1, -0.05) is 206 Å². The van der Waals surface area contributed by atoms with Gasteiger partial charge in [-0.3, -0.25) is 0 Å². The molecule has 0 atom stereocenters. The fraction of sp³-hybridized carbons (Fsp3) is 0. The number of benzene rings is 12. The van der Waals surface area contributed by atoms with Gasteiger partial charge in [-0.15, -0.1) is 0 Å². The fourth-order valence-corrected chi connectivity index (χ4v) is 10.6. The molecule has 0 unspecified atom stereocenters. The summed E-state index contributed by atoms with van der Waals surface area (Å²) in [6.45, 7) is 0. The minimum absolute atomic E-state index is 0.606. The Morgan fingerprint density at radius 1 is 0.246 bits per heavy atom. The molecule has 14 aromatic rings. The van der Waals surface area contributed by atoms with Crippen molar-refractivity contribution in [3.8, 4) is 62.1 Å². The maximum Gasteiger partial charge on any atom is 0.164 e. The van der Waals surface area contributed by atoms with E-state index in [0.717, 1.165) is 66.3 Å². The standard InChI is InChI=1S/C65H40N4/c1-3-15-41(16-4-1)50-32-34-54-57(37-50)59(65-67-63(45-20-5-2-6-21-45)66-64(68-65)52-30-28-43-18-8-10-23-47(43)36-52)40-56(51-29-27-42-17-7-9-22-46(42)35-51)62(54)69-60-39-49-25-12-11-24-48(49)38-58(60)55-33-31-44-19-13-14-26-53(44)61(55)69/h1-40H. The molecule has 0 fully saturated rings. The van der Waals surface area contributed by atoms with Crippen LogP contribution in [-0.4, -0.2) is 19.5 Å². The number of rotatable bonds is 6. The number of hydrogen-bond acceptors (Lipinski definition) is 3. The van der Waals surface area contributed by atoms with E-state index in [-0.39, 0.29) is 0 Å². The quantitative estimate of drug-likeness (QED) is 0.167. The highest BCUT2D eigenvalue weighted by Crippen LogP contribution is 2.47. The summed E-state index contributed by atoms with van der Waals surface area (Å²) < 4.78 is 2.56. The molecule has 0 saturated heterocycles. The van der Waals surface area contributed by atoms with Crippen molar-refractivity contribution in [1.29, 1.82) is 0 Å². The van der Waals surface area contributed by atoms with Crippen LogP contribution < -0.4 is 0 Å². The van der Waals surface area contributed by atoms with Crippen LogP contribution in [0.3, 0.4) is 0 Å². The molecule has 69 heavy (non-hydrogen) atoms. The van der Waals surface area contributed by atoms with E-state index in [1.54, 1.807) is 0 Å². The van der Waals surface area contributed by atoms with Crippen LogP contribution >= 0.6 is 0 Å². The molecular formula is C65H40N4. The second kappa shape index (κ2) is 15.7. The predicted octanol–water partition coefficient (Wildman–Crippen LogP) is 17.1. The third-order valence-electron chi connectivity index (χ3n) is 13.9. The van der Waals surface area contributed by atoms with Crippen LogP contribution in [0.4, 0.5) is 0 Å². The van der Waals surface area contributed by atoms with Crippen LogP contribution in [0.2, 0.25) is 0 Å². The molecule has 0 aliphatic carbocycles. The topological polar surface area (TPSA) is 43.6 Å². The molecule has 0 aliphatic heterocycles. The van der Waals surface area contributed by atoms with E-state index in [0.29, 0.717) is 17.5 Å². The SMILES string of the molecule is c1ccc(-c2ccc3c(-n4c5cc6ccccc6cc5c5ccc6ccccc6c54)c(-c4ccc5ccccc5c4)cc(-c4nc(-c5ccccc5)nc(-c5ccc6ccccc6c5)n4)c3c2)cc1. The monoisotopic (exact) mass is 876 g/mol. The van der Waals surface area contributed by atoms with E-state index < -0.39 is 0 Å². The van der Waals surface area contributed by atoms with Crippen molar-refractivity contribution in [2.75, 3.05) is 0 Å². The van der Waals surface area contributed by atoms with Crippen molar-refractivity contribution in [3.63, 3.8) is 0 Å². The van der Waals surface area contributed by atoms with E-state index in [1.165, 1.54) is 54.0 Å². The van der Waals surface area contributed by atoms with Gasteiger partial charge in [0.25, 0.3) is 0 Å². The second-order valence-corrected chi connectivity index (χ2v) is 18.0. The normalized spacial score (nSPS) is 11.8. The zero-order chi connectivity index (χ0) is 45.4. The first-order valence-corrected chi connectivity index (χ1v) is 23.5. The smallest absolute Gasteiger partial charge is 0.164 e. The first kappa shape index (κ1) is 39.0. The lowest BCUT2D eigenvalue weighted by molar-refractivity contribution is 1.08. The lowest BCUT2D eigenvalue weighted by Gasteiger charge is -2.21. The zero-order valence-electron chi connectivity index (χ0n) is 37.4. The molecule has 0 aliphatic rings. The first-order valence-electron chi connectivity index (χ1n) is 23.5. The van der Waals surface area contributed by atoms with Gasteiger partial charge in [-0.05, 0) is 96.2 Å². The summed E-state index contributed by atoms with van der Waals surface area (Å²) in [4.78, 5) is 16.1. The van der Waals surface area contributed by atoms with Gasteiger partial charge in [0.2, 0.25) is 0 Å². The van der Waals surface area contributed by atoms with Crippen LogP contribution in [0.5, 0.6) is 0 Å². The molecule has 0 N–H and O–H groups in total. The van der Waals surface area contributed by atoms with E-state index in [9.17, 15) is 0 Å². The molecule has 0 spiro atoms. The van der Waals surface area contributed by atoms with Crippen LogP contribution in [0.25, 0.3) is 138 Å². The van der Waals surface area contributed by atoms with Crippen molar-refractivity contribution in [1.82, 2.24) is 19.5 Å². The van der Waals surface area contributed by atoms with Gasteiger partial charge in [0, 0.05) is 43.8 Å². The maximum atomic E-state index is 5.48. The maximum absolute atomic E-state index is 5.48. The Morgan fingerprint density at radius 3 is 1.46 bits per heavy atom. The number of nitrogens with zero attached hydrogens (tertiary/aromatic N) is 4. The number of hydrogen-bond donors (Lipinski definition) is 0. The summed E-state index contributed by atoms with van der Waals surface area (Å²) >= 11 is 0. The van der Waals surface area contributed by atoms with Gasteiger partial charge in [0.15, 0.2) is 17.5 Å². The Bertz CT molecular complexity index is 4360. The van der Waals surface area contributed by atoms with Crippen molar-refractivity contribution in [3.05, 3.63) is 243 Å². The third-order valence-corrected chi connectivity index (χ3v) is 13.9. The zero-order valence-corrected chi connectivity index (χ0v) is 37.4. The molecule has 0 saturated carbocycles. The highest BCUT2D eigenvalue weighted by Gasteiger charge is 2.25. The van der Waals surface area contributed by atoms with Gasteiger partial charge in [0.1, 0.15) is 0 Å². The van der Waals surface area contributed by atoms with Crippen LogP contribution in [-0.2, 0) is 0 Å². The number of fused-ring (bicyclic) bond motifs is 9. The Morgan fingerprint density at radius 2 is 0.754 bits per heavy atom. The summed E-state index contributed by atoms with van der Waals surface area (Å²) in [6, 6.07) is 87.5. The predicted molar refractivity (Wildman–Crippen MR) is 289 cm³/mol. The van der Waals surface area contributed by atoms with E-state index in [1.807, 2.05) is 18.2 Å². The molecule has 2 aromatic heterocycles. The van der Waals surface area contributed by atoms with Crippen molar-refractivity contribution >= 4 is 75.7 Å². The Balaban J connectivity index is 1.16. The lowest BCUT2D eigenvalue weighted by Crippen LogP contribution is -2.04. The lowest BCUT2D eigenvalue weighted by atomic mass is 9.90. The summed E-state index contributed by atoms with van der Waals surface area (Å²) in [7, 11) is 0. The molecule has 0 radical (unpaired) electrons. The summed E-state index contributed by atoms with van der Waals surface area (Å²) in [6.07, 6.45) is 0. The Hall–Kier alpha value is -9.25. The molecule has 4 heteroatoms. The van der Waals surface area contributed by atoms with Crippen LogP contribution in [0.15, 0.2) is 243 Å². The summed E-state index contributed by atoms with van der Waals surface area (Å²) in [5.74, 6) is 1.84. The highest BCUT2D eigenvalue weighted by molar-refractivity contribution is 6.22.